The van der Waals surface area contributed by atoms with Crippen LogP contribution in [0.25, 0.3) is 22.3 Å². The van der Waals surface area contributed by atoms with Crippen molar-refractivity contribution < 1.29 is 13.2 Å². The number of aryl methyl sites for hydroxylation is 1. The van der Waals surface area contributed by atoms with E-state index < -0.39 is 15.9 Å². The van der Waals surface area contributed by atoms with E-state index in [9.17, 15) is 13.2 Å². The first-order valence-electron chi connectivity index (χ1n) is 8.99. The number of nitrogens with zero attached hydrogens (tertiary/aromatic N) is 2. The number of sulfonamides is 1. The molecule has 1 amide bonds. The predicted octanol–water partition coefficient (Wildman–Crippen LogP) is 2.73. The Hall–Kier alpha value is -3.89. The lowest BCUT2D eigenvalue weighted by Gasteiger charge is -2.16. The number of carbonyl (C=O) groups is 1. The fourth-order valence-corrected chi connectivity index (χ4v) is 3.95. The Morgan fingerprint density at radius 3 is 2.00 bits per heavy atom. The van der Waals surface area contributed by atoms with Crippen molar-refractivity contribution in [2.75, 3.05) is 0 Å². The van der Waals surface area contributed by atoms with E-state index in [2.05, 4.69) is 10.2 Å². The lowest BCUT2D eigenvalue weighted by Crippen LogP contribution is -2.18. The number of benzene rings is 3. The molecule has 0 fully saturated rings. The van der Waals surface area contributed by atoms with E-state index in [1.54, 1.807) is 42.5 Å². The normalized spacial score (nSPS) is 11.9. The molecule has 7 N–H and O–H groups in total. The van der Waals surface area contributed by atoms with Gasteiger partial charge in [-0.2, -0.15) is 5.10 Å². The van der Waals surface area contributed by atoms with Gasteiger partial charge >= 0.3 is 0 Å². The molecule has 3 aromatic rings. The highest BCUT2D eigenvalue weighted by molar-refractivity contribution is 7.89. The first-order chi connectivity index (χ1) is 14.7. The van der Waals surface area contributed by atoms with Crippen LogP contribution in [0.4, 0.5) is 0 Å². The van der Waals surface area contributed by atoms with Gasteiger partial charge in [0, 0.05) is 5.56 Å². The minimum Gasteiger partial charge on any atom is -0.366 e. The average molecular weight is 436 g/mol. The van der Waals surface area contributed by atoms with Crippen molar-refractivity contribution in [1.29, 1.82) is 5.53 Å². The monoisotopic (exact) mass is 436 g/mol. The smallest absolute Gasteiger partial charge is 0.248 e. The van der Waals surface area contributed by atoms with Gasteiger partial charge in [0.05, 0.1) is 10.5 Å². The first-order valence-corrected chi connectivity index (χ1v) is 10.5. The summed E-state index contributed by atoms with van der Waals surface area (Å²) >= 11 is 0. The van der Waals surface area contributed by atoms with E-state index >= 15 is 0 Å². The Morgan fingerprint density at radius 2 is 1.52 bits per heavy atom. The van der Waals surface area contributed by atoms with Crippen LogP contribution in [0.15, 0.2) is 75.8 Å². The van der Waals surface area contributed by atoms with Gasteiger partial charge in [-0.3, -0.25) is 4.79 Å². The van der Waals surface area contributed by atoms with E-state index in [0.717, 1.165) is 5.56 Å². The molecule has 0 bridgehead atoms. The average Bonchev–Trinajstić information content (AvgIpc) is 2.74. The van der Waals surface area contributed by atoms with Gasteiger partial charge in [-0.1, -0.05) is 42.0 Å². The number of amides is 1. The van der Waals surface area contributed by atoms with Crippen LogP contribution >= 0.6 is 0 Å². The number of nitrogens with two attached hydrogens (primary N) is 3. The number of hydrazone groups is 1. The van der Waals surface area contributed by atoms with Gasteiger partial charge in [0.1, 0.15) is 0 Å². The Kier molecular flexibility index (Phi) is 5.95. The number of primary sulfonamides is 1. The summed E-state index contributed by atoms with van der Waals surface area (Å²) in [7, 11) is -4.24. The summed E-state index contributed by atoms with van der Waals surface area (Å²) in [5.41, 5.74) is 16.3. The maximum atomic E-state index is 12.5. The molecule has 3 aromatic carbocycles. The number of rotatable bonds is 5. The molecule has 31 heavy (non-hydrogen) atoms. The summed E-state index contributed by atoms with van der Waals surface area (Å²) in [4.78, 5) is 11.1. The molecule has 0 saturated carbocycles. The molecule has 0 unspecified atom stereocenters. The molecule has 0 spiro atoms. The lowest BCUT2D eigenvalue weighted by atomic mass is 9.93. The van der Waals surface area contributed by atoms with Gasteiger partial charge in [0.15, 0.2) is 0 Å². The Balaban J connectivity index is 2.40. The van der Waals surface area contributed by atoms with Crippen LogP contribution in [-0.4, -0.2) is 20.2 Å². The van der Waals surface area contributed by atoms with Crippen molar-refractivity contribution >= 4 is 21.8 Å². The van der Waals surface area contributed by atoms with Gasteiger partial charge in [-0.15, -0.1) is 5.11 Å². The molecule has 0 aromatic heterocycles. The van der Waals surface area contributed by atoms with Gasteiger partial charge in [0.2, 0.25) is 21.8 Å². The molecule has 0 saturated heterocycles. The van der Waals surface area contributed by atoms with Crippen LogP contribution in [0.3, 0.4) is 0 Å². The highest BCUT2D eigenvalue weighted by Crippen LogP contribution is 2.35. The van der Waals surface area contributed by atoms with E-state index in [0.29, 0.717) is 27.8 Å². The standard InChI is InChI=1S/C21H20N6O3S/c1-12-2-4-14(5-3-12)17-10-16(13-6-8-15(9-7-13)20(22)28)11-18(31(25,29)30)19(17)21(26-23)27-24/h2-11,23H,24H2,1H3,(H2,22,28)(H2,25,29,30)/b26-23?,27-21-. The number of primary amides is 1. The fraction of sp³-hybridized carbons (Fsp3) is 0.0476. The Bertz CT molecular complexity index is 1300. The number of amidine groups is 1. The molecule has 0 aliphatic heterocycles. The minimum atomic E-state index is -4.24. The third kappa shape index (κ3) is 4.49. The summed E-state index contributed by atoms with van der Waals surface area (Å²) in [5.74, 6) is 4.53. The maximum Gasteiger partial charge on any atom is 0.248 e. The van der Waals surface area contributed by atoms with Gasteiger partial charge in [-0.05, 0) is 53.4 Å². The van der Waals surface area contributed by atoms with Crippen molar-refractivity contribution in [2.45, 2.75) is 11.8 Å². The summed E-state index contributed by atoms with van der Waals surface area (Å²) in [6, 6.07) is 16.8. The molecular weight excluding hydrogens is 416 g/mol. The molecule has 10 heteroatoms. The molecule has 0 heterocycles. The van der Waals surface area contributed by atoms with Crippen molar-refractivity contribution in [3.8, 4) is 22.3 Å². The first kappa shape index (κ1) is 21.8. The summed E-state index contributed by atoms with van der Waals surface area (Å²) in [5, 5.41) is 12.3. The van der Waals surface area contributed by atoms with Crippen molar-refractivity contribution in [3.63, 3.8) is 0 Å². The zero-order valence-electron chi connectivity index (χ0n) is 16.5. The van der Waals surface area contributed by atoms with Crippen LogP contribution in [0.5, 0.6) is 0 Å². The Morgan fingerprint density at radius 1 is 0.935 bits per heavy atom. The largest absolute Gasteiger partial charge is 0.366 e. The zero-order chi connectivity index (χ0) is 22.8. The molecule has 0 aliphatic carbocycles. The van der Waals surface area contributed by atoms with Gasteiger partial charge in [0.25, 0.3) is 0 Å². The van der Waals surface area contributed by atoms with Crippen LogP contribution < -0.4 is 16.7 Å². The number of carbonyl (C=O) groups excluding carboxylic acids is 1. The van der Waals surface area contributed by atoms with Crippen LogP contribution in [0, 0.1) is 12.5 Å². The SMILES string of the molecule is Cc1ccc(-c2cc(-c3ccc(C(N)=O)cc3)cc(S(N)(=O)=O)c2/C(N=N)=N/N)cc1. The molecule has 9 nitrogen and oxygen atoms in total. The molecule has 158 valence electrons. The van der Waals surface area contributed by atoms with E-state index in [4.69, 9.17) is 22.2 Å². The molecule has 0 radical (unpaired) electrons. The van der Waals surface area contributed by atoms with E-state index in [1.165, 1.54) is 6.07 Å². The third-order valence-corrected chi connectivity index (χ3v) is 5.66. The van der Waals surface area contributed by atoms with Crippen molar-refractivity contribution in [3.05, 3.63) is 77.4 Å². The topological polar surface area (TPSA) is 178 Å². The lowest BCUT2D eigenvalue weighted by molar-refractivity contribution is 0.100. The predicted molar refractivity (Wildman–Crippen MR) is 118 cm³/mol. The highest BCUT2D eigenvalue weighted by Gasteiger charge is 2.24. The van der Waals surface area contributed by atoms with Crippen LogP contribution in [-0.2, 0) is 10.0 Å². The molecule has 0 aliphatic rings. The number of hydrogen-bond acceptors (Lipinski definition) is 6. The summed E-state index contributed by atoms with van der Waals surface area (Å²) in [6.07, 6.45) is 0. The highest BCUT2D eigenvalue weighted by atomic mass is 32.2. The second-order valence-corrected chi connectivity index (χ2v) is 8.34. The second-order valence-electron chi connectivity index (χ2n) is 6.81. The van der Waals surface area contributed by atoms with Gasteiger partial charge < -0.3 is 11.6 Å². The quantitative estimate of drug-likeness (QED) is 0.158. The molecule has 0 atom stereocenters. The molecular formula is C21H20N6O3S. The maximum absolute atomic E-state index is 12.5. The fourth-order valence-electron chi connectivity index (χ4n) is 3.17. The van der Waals surface area contributed by atoms with Crippen LogP contribution in [0.2, 0.25) is 0 Å². The molecule has 3 rings (SSSR count). The van der Waals surface area contributed by atoms with Crippen LogP contribution in [0.1, 0.15) is 21.5 Å². The number of nitrogens with one attached hydrogen (secondary N) is 1. The Labute approximate surface area is 179 Å². The second kappa shape index (κ2) is 8.46. The third-order valence-electron chi connectivity index (χ3n) is 4.73. The van der Waals surface area contributed by atoms with Crippen molar-refractivity contribution in [1.82, 2.24) is 0 Å². The number of hydrogen-bond donors (Lipinski definition) is 4. The summed E-state index contributed by atoms with van der Waals surface area (Å²) in [6.45, 7) is 1.92. The zero-order valence-corrected chi connectivity index (χ0v) is 17.3. The minimum absolute atomic E-state index is 0.0290. The van der Waals surface area contributed by atoms with Gasteiger partial charge in [-0.25, -0.2) is 19.1 Å². The van der Waals surface area contributed by atoms with E-state index in [1.807, 2.05) is 19.1 Å². The summed E-state index contributed by atoms with van der Waals surface area (Å²) < 4.78 is 24.9. The van der Waals surface area contributed by atoms with Crippen molar-refractivity contribution in [2.24, 2.45) is 26.9 Å². The van der Waals surface area contributed by atoms with E-state index in [-0.39, 0.29) is 16.3 Å².